The van der Waals surface area contributed by atoms with Gasteiger partial charge in [-0.15, -0.1) is 0 Å². The minimum atomic E-state index is -3.72. The molecule has 0 aliphatic carbocycles. The minimum absolute atomic E-state index is 0.0283. The van der Waals surface area contributed by atoms with E-state index in [1.54, 1.807) is 0 Å². The maximum atomic E-state index is 12.2. The van der Waals surface area contributed by atoms with Crippen molar-refractivity contribution in [3.8, 4) is 6.07 Å². The number of aliphatic hydroxyl groups is 1. The standard InChI is InChI=1S/C14H21N3O3S/c1-14(2,6-3-7-18)10-17-21(19,20)13-5-4-11(9-15)8-12(13)16/h4-5,8,17-18H,3,6-7,10,16H2,1-2H3. The number of sulfonamides is 1. The molecule has 6 nitrogen and oxygen atoms in total. The molecule has 0 saturated carbocycles. The van der Waals surface area contributed by atoms with Crippen LogP contribution in [0.15, 0.2) is 23.1 Å². The second-order valence-electron chi connectivity index (χ2n) is 5.68. The van der Waals surface area contributed by atoms with Crippen LogP contribution in [0, 0.1) is 16.7 Å². The van der Waals surface area contributed by atoms with Gasteiger partial charge in [0.1, 0.15) is 4.90 Å². The fraction of sp³-hybridized carbons (Fsp3) is 0.500. The summed E-state index contributed by atoms with van der Waals surface area (Å²) in [5.41, 5.74) is 5.80. The van der Waals surface area contributed by atoms with Gasteiger partial charge in [-0.3, -0.25) is 0 Å². The molecule has 1 aromatic carbocycles. The molecule has 21 heavy (non-hydrogen) atoms. The number of nitrogens with zero attached hydrogens (tertiary/aromatic N) is 1. The minimum Gasteiger partial charge on any atom is -0.398 e. The van der Waals surface area contributed by atoms with E-state index in [1.807, 2.05) is 19.9 Å². The number of anilines is 1. The first-order valence-electron chi connectivity index (χ1n) is 6.62. The van der Waals surface area contributed by atoms with Crippen molar-refractivity contribution < 1.29 is 13.5 Å². The third-order valence-electron chi connectivity index (χ3n) is 3.18. The van der Waals surface area contributed by atoms with E-state index < -0.39 is 10.0 Å². The fourth-order valence-corrected chi connectivity index (χ4v) is 3.23. The molecule has 1 aromatic rings. The van der Waals surface area contributed by atoms with Crippen LogP contribution in [0.5, 0.6) is 0 Å². The number of nitrogen functional groups attached to an aromatic ring is 1. The first-order valence-corrected chi connectivity index (χ1v) is 8.10. The number of hydrogen-bond donors (Lipinski definition) is 3. The molecule has 0 heterocycles. The summed E-state index contributed by atoms with van der Waals surface area (Å²) >= 11 is 0. The van der Waals surface area contributed by atoms with Crippen LogP contribution < -0.4 is 10.5 Å². The zero-order chi connectivity index (χ0) is 16.1. The van der Waals surface area contributed by atoms with Gasteiger partial charge < -0.3 is 10.8 Å². The Balaban J connectivity index is 2.86. The smallest absolute Gasteiger partial charge is 0.242 e. The number of rotatable bonds is 7. The van der Waals surface area contributed by atoms with Crippen molar-refractivity contribution in [3.63, 3.8) is 0 Å². The molecule has 0 radical (unpaired) electrons. The van der Waals surface area contributed by atoms with Crippen molar-refractivity contribution >= 4 is 15.7 Å². The van der Waals surface area contributed by atoms with E-state index in [2.05, 4.69) is 4.72 Å². The molecule has 0 aromatic heterocycles. The highest BCUT2D eigenvalue weighted by Crippen LogP contribution is 2.23. The van der Waals surface area contributed by atoms with Gasteiger partial charge in [0.2, 0.25) is 10.0 Å². The summed E-state index contributed by atoms with van der Waals surface area (Å²) < 4.78 is 27.0. The van der Waals surface area contributed by atoms with Crippen LogP contribution in [0.3, 0.4) is 0 Å². The Morgan fingerprint density at radius 2 is 2.10 bits per heavy atom. The quantitative estimate of drug-likeness (QED) is 0.655. The Labute approximate surface area is 125 Å². The topological polar surface area (TPSA) is 116 Å². The molecule has 0 bridgehead atoms. The number of hydrogen-bond acceptors (Lipinski definition) is 5. The monoisotopic (exact) mass is 311 g/mol. The summed E-state index contributed by atoms with van der Waals surface area (Å²) in [6.07, 6.45) is 1.32. The van der Waals surface area contributed by atoms with Crippen LogP contribution in [0.25, 0.3) is 0 Å². The Bertz CT molecular complexity index is 633. The van der Waals surface area contributed by atoms with Crippen LogP contribution >= 0.6 is 0 Å². The van der Waals surface area contributed by atoms with Crippen molar-refractivity contribution in [2.24, 2.45) is 5.41 Å². The molecular formula is C14H21N3O3S. The number of benzene rings is 1. The van der Waals surface area contributed by atoms with Crippen molar-refractivity contribution in [2.75, 3.05) is 18.9 Å². The zero-order valence-corrected chi connectivity index (χ0v) is 13.1. The van der Waals surface area contributed by atoms with E-state index in [0.29, 0.717) is 18.4 Å². The van der Waals surface area contributed by atoms with Gasteiger partial charge in [-0.2, -0.15) is 5.26 Å². The normalized spacial score (nSPS) is 12.1. The molecular weight excluding hydrogens is 290 g/mol. The Kier molecular flexibility index (Phi) is 5.72. The molecule has 7 heteroatoms. The Morgan fingerprint density at radius 1 is 1.43 bits per heavy atom. The van der Waals surface area contributed by atoms with Gasteiger partial charge in [0.05, 0.1) is 17.3 Å². The number of nitrogens with two attached hydrogens (primary N) is 1. The van der Waals surface area contributed by atoms with Gasteiger partial charge in [0.25, 0.3) is 0 Å². The van der Waals surface area contributed by atoms with Gasteiger partial charge in [-0.1, -0.05) is 13.8 Å². The molecule has 0 fully saturated rings. The zero-order valence-electron chi connectivity index (χ0n) is 12.3. The van der Waals surface area contributed by atoms with Gasteiger partial charge in [0.15, 0.2) is 0 Å². The van der Waals surface area contributed by atoms with E-state index in [1.165, 1.54) is 18.2 Å². The lowest BCUT2D eigenvalue weighted by molar-refractivity contribution is 0.242. The molecule has 1 rings (SSSR count). The largest absolute Gasteiger partial charge is 0.398 e. The highest BCUT2D eigenvalue weighted by molar-refractivity contribution is 7.89. The predicted molar refractivity (Wildman–Crippen MR) is 80.9 cm³/mol. The maximum Gasteiger partial charge on any atom is 0.242 e. The highest BCUT2D eigenvalue weighted by atomic mass is 32.2. The average molecular weight is 311 g/mol. The second-order valence-corrected chi connectivity index (χ2v) is 7.42. The van der Waals surface area contributed by atoms with E-state index in [-0.39, 0.29) is 29.1 Å². The molecule has 116 valence electrons. The van der Waals surface area contributed by atoms with E-state index in [0.717, 1.165) is 0 Å². The Hall–Kier alpha value is -1.62. The number of nitrogens with one attached hydrogen (secondary N) is 1. The summed E-state index contributed by atoms with van der Waals surface area (Å²) in [4.78, 5) is -0.0283. The van der Waals surface area contributed by atoms with E-state index in [4.69, 9.17) is 16.1 Å². The summed E-state index contributed by atoms with van der Waals surface area (Å²) in [6, 6.07) is 5.99. The average Bonchev–Trinajstić information content (AvgIpc) is 2.43. The molecule has 0 atom stereocenters. The van der Waals surface area contributed by atoms with Crippen LogP contribution in [-0.2, 0) is 10.0 Å². The molecule has 0 aliphatic heterocycles. The summed E-state index contributed by atoms with van der Waals surface area (Å²) in [5.74, 6) is 0. The molecule has 0 amide bonds. The summed E-state index contributed by atoms with van der Waals surface area (Å²) in [6.45, 7) is 4.17. The van der Waals surface area contributed by atoms with Gasteiger partial charge in [0, 0.05) is 13.2 Å². The van der Waals surface area contributed by atoms with Crippen LogP contribution in [0.2, 0.25) is 0 Å². The molecule has 0 saturated heterocycles. The summed E-state index contributed by atoms with van der Waals surface area (Å²) in [5, 5.41) is 17.6. The fourth-order valence-electron chi connectivity index (χ4n) is 1.88. The van der Waals surface area contributed by atoms with Crippen molar-refractivity contribution in [3.05, 3.63) is 23.8 Å². The van der Waals surface area contributed by atoms with Crippen molar-refractivity contribution in [2.45, 2.75) is 31.6 Å². The molecule has 0 spiro atoms. The third-order valence-corrected chi connectivity index (χ3v) is 4.66. The Morgan fingerprint density at radius 3 is 2.62 bits per heavy atom. The molecule has 0 unspecified atom stereocenters. The first kappa shape index (κ1) is 17.4. The van der Waals surface area contributed by atoms with Crippen LogP contribution in [0.1, 0.15) is 32.3 Å². The maximum absolute atomic E-state index is 12.2. The van der Waals surface area contributed by atoms with Gasteiger partial charge >= 0.3 is 0 Å². The van der Waals surface area contributed by atoms with Crippen molar-refractivity contribution in [1.29, 1.82) is 5.26 Å². The SMILES string of the molecule is CC(C)(CCCO)CNS(=O)(=O)c1ccc(C#N)cc1N. The lowest BCUT2D eigenvalue weighted by atomic mass is 9.88. The van der Waals surface area contributed by atoms with Gasteiger partial charge in [-0.05, 0) is 36.5 Å². The van der Waals surface area contributed by atoms with Crippen molar-refractivity contribution in [1.82, 2.24) is 4.72 Å². The van der Waals surface area contributed by atoms with Gasteiger partial charge in [-0.25, -0.2) is 13.1 Å². The lowest BCUT2D eigenvalue weighted by Gasteiger charge is -2.24. The predicted octanol–water partition coefficient (Wildman–Crippen LogP) is 1.22. The van der Waals surface area contributed by atoms with Crippen LogP contribution in [0.4, 0.5) is 5.69 Å². The molecule has 4 N–H and O–H groups in total. The molecule has 0 aliphatic rings. The van der Waals surface area contributed by atoms with Crippen LogP contribution in [-0.4, -0.2) is 26.7 Å². The highest BCUT2D eigenvalue weighted by Gasteiger charge is 2.23. The number of aliphatic hydroxyl groups excluding tert-OH is 1. The summed E-state index contributed by atoms with van der Waals surface area (Å²) in [7, 11) is -3.72. The first-order chi connectivity index (χ1) is 9.72. The van der Waals surface area contributed by atoms with E-state index >= 15 is 0 Å². The second kappa shape index (κ2) is 6.89. The number of nitriles is 1. The van der Waals surface area contributed by atoms with E-state index in [9.17, 15) is 8.42 Å². The lowest BCUT2D eigenvalue weighted by Crippen LogP contribution is -2.34. The third kappa shape index (κ3) is 5.01.